The zero-order valence-corrected chi connectivity index (χ0v) is 21.2. The van der Waals surface area contributed by atoms with E-state index in [2.05, 4.69) is 40.7 Å². The number of amides is 1. The Balaban J connectivity index is 1.67. The molecule has 0 saturated carbocycles. The van der Waals surface area contributed by atoms with E-state index in [9.17, 15) is 4.79 Å². The highest BCUT2D eigenvalue weighted by molar-refractivity contribution is 7.99. The van der Waals surface area contributed by atoms with Crippen molar-refractivity contribution < 1.29 is 14.3 Å². The van der Waals surface area contributed by atoms with Crippen molar-refractivity contribution in [2.24, 2.45) is 0 Å². The summed E-state index contributed by atoms with van der Waals surface area (Å²) in [5.41, 5.74) is 3.15. The molecule has 4 rings (SSSR count). The van der Waals surface area contributed by atoms with Crippen molar-refractivity contribution in [3.63, 3.8) is 0 Å². The van der Waals surface area contributed by atoms with Crippen LogP contribution in [-0.2, 0) is 9.53 Å². The molecule has 0 unspecified atom stereocenters. The zero-order valence-electron chi connectivity index (χ0n) is 20.4. The molecule has 2 heterocycles. The van der Waals surface area contributed by atoms with Crippen LogP contribution in [-0.4, -0.2) is 63.7 Å². The van der Waals surface area contributed by atoms with Gasteiger partial charge >= 0.3 is 0 Å². The molecule has 2 atom stereocenters. The summed E-state index contributed by atoms with van der Waals surface area (Å²) in [5.74, 6) is 2.22. The van der Waals surface area contributed by atoms with E-state index in [4.69, 9.17) is 9.47 Å². The van der Waals surface area contributed by atoms with Crippen molar-refractivity contribution in [3.8, 4) is 22.8 Å². The van der Waals surface area contributed by atoms with Crippen molar-refractivity contribution >= 4 is 17.7 Å². The Hall–Kier alpha value is -2.84. The molecule has 0 spiro atoms. The number of carbonyl (C=O) groups is 1. The van der Waals surface area contributed by atoms with Gasteiger partial charge in [-0.3, -0.25) is 9.36 Å². The number of rotatable bonds is 7. The van der Waals surface area contributed by atoms with E-state index >= 15 is 0 Å². The van der Waals surface area contributed by atoms with Gasteiger partial charge in [0, 0.05) is 18.7 Å². The lowest BCUT2D eigenvalue weighted by molar-refractivity contribution is -0.140. The van der Waals surface area contributed by atoms with Crippen LogP contribution in [0.5, 0.6) is 5.75 Å². The van der Waals surface area contributed by atoms with Crippen LogP contribution in [0.1, 0.15) is 39.2 Å². The van der Waals surface area contributed by atoms with Crippen molar-refractivity contribution in [2.45, 2.75) is 51.0 Å². The number of para-hydroxylation sites is 1. The number of ether oxygens (including phenoxy) is 2. The minimum atomic E-state index is 0.0425. The lowest BCUT2D eigenvalue weighted by atomic mass is 10.0. The Kier molecular flexibility index (Phi) is 7.58. The summed E-state index contributed by atoms with van der Waals surface area (Å²) in [5, 5.41) is 9.74. The first-order chi connectivity index (χ1) is 16.4. The van der Waals surface area contributed by atoms with Crippen molar-refractivity contribution in [1.29, 1.82) is 0 Å². The van der Waals surface area contributed by atoms with Gasteiger partial charge in [0.05, 0.1) is 30.8 Å². The molecule has 0 bridgehead atoms. The molecule has 1 aromatic heterocycles. The van der Waals surface area contributed by atoms with Gasteiger partial charge in [0.2, 0.25) is 5.91 Å². The van der Waals surface area contributed by atoms with Crippen LogP contribution in [0.25, 0.3) is 17.1 Å². The number of morpholine rings is 1. The van der Waals surface area contributed by atoms with E-state index in [-0.39, 0.29) is 18.1 Å². The number of hydrogen-bond acceptors (Lipinski definition) is 6. The van der Waals surface area contributed by atoms with Gasteiger partial charge in [-0.15, -0.1) is 10.2 Å². The summed E-state index contributed by atoms with van der Waals surface area (Å²) >= 11 is 1.42. The third-order valence-corrected chi connectivity index (χ3v) is 6.79. The number of aromatic nitrogens is 3. The normalized spacial score (nSPS) is 18.4. The number of carbonyl (C=O) groups excluding carboxylic acids is 1. The van der Waals surface area contributed by atoms with Gasteiger partial charge in [-0.25, -0.2) is 0 Å². The third kappa shape index (κ3) is 5.28. The van der Waals surface area contributed by atoms with E-state index in [1.54, 1.807) is 7.11 Å². The van der Waals surface area contributed by atoms with Gasteiger partial charge in [-0.05, 0) is 55.7 Å². The Morgan fingerprint density at radius 2 is 1.76 bits per heavy atom. The van der Waals surface area contributed by atoms with Crippen LogP contribution < -0.4 is 4.74 Å². The summed E-state index contributed by atoms with van der Waals surface area (Å²) < 4.78 is 13.2. The average Bonchev–Trinajstić information content (AvgIpc) is 3.25. The van der Waals surface area contributed by atoms with Crippen molar-refractivity contribution in [1.82, 2.24) is 19.7 Å². The number of benzene rings is 2. The van der Waals surface area contributed by atoms with E-state index < -0.39 is 0 Å². The Morgan fingerprint density at radius 1 is 1.09 bits per heavy atom. The van der Waals surface area contributed by atoms with Crippen LogP contribution in [0.2, 0.25) is 0 Å². The Bertz CT molecular complexity index is 1120. The Morgan fingerprint density at radius 3 is 2.41 bits per heavy atom. The zero-order chi connectivity index (χ0) is 24.2. The highest BCUT2D eigenvalue weighted by Crippen LogP contribution is 2.33. The summed E-state index contributed by atoms with van der Waals surface area (Å²) in [7, 11) is 1.65. The summed E-state index contributed by atoms with van der Waals surface area (Å²) in [6.07, 6.45) is 0.0851. The number of thioether (sulfide) groups is 1. The second-order valence-corrected chi connectivity index (χ2v) is 9.87. The molecule has 1 amide bonds. The smallest absolute Gasteiger partial charge is 0.233 e. The monoisotopic (exact) mass is 480 g/mol. The predicted molar refractivity (Wildman–Crippen MR) is 135 cm³/mol. The molecule has 1 fully saturated rings. The van der Waals surface area contributed by atoms with E-state index in [1.807, 2.05) is 55.1 Å². The molecule has 1 saturated heterocycles. The van der Waals surface area contributed by atoms with Crippen LogP contribution in [0.3, 0.4) is 0 Å². The van der Waals surface area contributed by atoms with Crippen molar-refractivity contribution in [2.75, 3.05) is 26.0 Å². The van der Waals surface area contributed by atoms with Gasteiger partial charge in [0.25, 0.3) is 0 Å². The summed E-state index contributed by atoms with van der Waals surface area (Å²) in [4.78, 5) is 14.9. The lowest BCUT2D eigenvalue weighted by Crippen LogP contribution is -2.48. The molecular formula is C26H32N4O3S. The molecule has 1 aliphatic rings. The first-order valence-electron chi connectivity index (χ1n) is 11.6. The number of nitrogens with zero attached hydrogens (tertiary/aromatic N) is 4. The molecule has 3 aromatic rings. The molecule has 1 aliphatic heterocycles. The quantitative estimate of drug-likeness (QED) is 0.453. The minimum absolute atomic E-state index is 0.0425. The highest BCUT2D eigenvalue weighted by atomic mass is 32.2. The average molecular weight is 481 g/mol. The standard InChI is InChI=1S/C26H32N4O3S/c1-17(2)22-8-6-7-9-23(22)30-25(20-10-12-21(32-5)13-11-20)27-28-26(30)34-16-24(31)29-14-18(3)33-19(4)15-29/h6-13,17-19H,14-16H2,1-5H3/t18-,19-/m0/s1. The van der Waals surface area contributed by atoms with E-state index in [1.165, 1.54) is 17.3 Å². The molecule has 180 valence electrons. The van der Waals surface area contributed by atoms with Gasteiger partial charge < -0.3 is 14.4 Å². The van der Waals surface area contributed by atoms with Crippen molar-refractivity contribution in [3.05, 3.63) is 54.1 Å². The molecule has 0 N–H and O–H groups in total. The van der Waals surface area contributed by atoms with Gasteiger partial charge in [0.15, 0.2) is 11.0 Å². The SMILES string of the molecule is COc1ccc(-c2nnc(SCC(=O)N3C[C@H](C)O[C@@H](C)C3)n2-c2ccccc2C(C)C)cc1. The molecule has 8 heteroatoms. The second-order valence-electron chi connectivity index (χ2n) is 8.93. The number of hydrogen-bond donors (Lipinski definition) is 0. The topological polar surface area (TPSA) is 69.5 Å². The maximum atomic E-state index is 13.0. The second kappa shape index (κ2) is 10.6. The molecular weight excluding hydrogens is 448 g/mol. The van der Waals surface area contributed by atoms with E-state index in [0.29, 0.717) is 29.9 Å². The van der Waals surface area contributed by atoms with Gasteiger partial charge in [-0.2, -0.15) is 0 Å². The predicted octanol–water partition coefficient (Wildman–Crippen LogP) is 4.79. The van der Waals surface area contributed by atoms with Crippen LogP contribution in [0.15, 0.2) is 53.7 Å². The van der Waals surface area contributed by atoms with Crippen LogP contribution in [0, 0.1) is 0 Å². The lowest BCUT2D eigenvalue weighted by Gasteiger charge is -2.35. The first-order valence-corrected chi connectivity index (χ1v) is 12.6. The molecule has 7 nitrogen and oxygen atoms in total. The fraction of sp³-hybridized carbons (Fsp3) is 0.423. The maximum Gasteiger partial charge on any atom is 0.233 e. The first kappa shape index (κ1) is 24.3. The minimum Gasteiger partial charge on any atom is -0.497 e. The fourth-order valence-electron chi connectivity index (χ4n) is 4.29. The number of methoxy groups -OCH3 is 1. The maximum absolute atomic E-state index is 13.0. The summed E-state index contributed by atoms with van der Waals surface area (Å²) in [6.45, 7) is 9.58. The highest BCUT2D eigenvalue weighted by Gasteiger charge is 2.27. The van der Waals surface area contributed by atoms with Gasteiger partial charge in [0.1, 0.15) is 5.75 Å². The Labute approximate surface area is 205 Å². The van der Waals surface area contributed by atoms with Crippen LogP contribution >= 0.6 is 11.8 Å². The molecule has 0 aliphatic carbocycles. The fourth-order valence-corrected chi connectivity index (χ4v) is 5.13. The van der Waals surface area contributed by atoms with E-state index in [0.717, 1.165) is 22.8 Å². The molecule has 34 heavy (non-hydrogen) atoms. The van der Waals surface area contributed by atoms with Crippen LogP contribution in [0.4, 0.5) is 0 Å². The summed E-state index contributed by atoms with van der Waals surface area (Å²) in [6, 6.07) is 16.1. The largest absolute Gasteiger partial charge is 0.497 e. The van der Waals surface area contributed by atoms with Gasteiger partial charge in [-0.1, -0.05) is 43.8 Å². The molecule has 0 radical (unpaired) electrons. The molecule has 2 aromatic carbocycles. The third-order valence-electron chi connectivity index (χ3n) is 5.88.